The molecular formula is C22H34F2O. The van der Waals surface area contributed by atoms with Gasteiger partial charge >= 0.3 is 0 Å². The highest BCUT2D eigenvalue weighted by Crippen LogP contribution is 2.60. The van der Waals surface area contributed by atoms with Crippen molar-refractivity contribution in [2.45, 2.75) is 59.3 Å². The van der Waals surface area contributed by atoms with Gasteiger partial charge in [0.1, 0.15) is 5.78 Å². The molecule has 3 aliphatic rings. The largest absolute Gasteiger partial charge is 0.299 e. The van der Waals surface area contributed by atoms with Crippen LogP contribution in [0, 0.1) is 35.0 Å². The van der Waals surface area contributed by atoms with Crippen LogP contribution < -0.4 is 0 Å². The summed E-state index contributed by atoms with van der Waals surface area (Å²) in [6, 6.07) is 0. The molecule has 3 rings (SSSR count). The summed E-state index contributed by atoms with van der Waals surface area (Å²) in [5.41, 5.74) is 2.43. The van der Waals surface area contributed by atoms with Gasteiger partial charge in [0.15, 0.2) is 0 Å². The molecule has 2 fully saturated rings. The van der Waals surface area contributed by atoms with Crippen molar-refractivity contribution in [3.05, 3.63) is 23.8 Å². The first-order valence-electron chi connectivity index (χ1n) is 9.75. The van der Waals surface area contributed by atoms with Crippen molar-refractivity contribution in [1.29, 1.82) is 0 Å². The van der Waals surface area contributed by atoms with E-state index in [1.807, 2.05) is 0 Å². The van der Waals surface area contributed by atoms with E-state index in [-0.39, 0.29) is 23.8 Å². The average molecular weight is 353 g/mol. The molecule has 3 heteroatoms. The van der Waals surface area contributed by atoms with Crippen LogP contribution in [0.3, 0.4) is 0 Å². The Labute approximate surface area is 152 Å². The number of alkyl halides is 2. The van der Waals surface area contributed by atoms with Crippen LogP contribution in [-0.4, -0.2) is 19.6 Å². The molecule has 0 heterocycles. The second kappa shape index (κ2) is 8.14. The molecule has 0 bridgehead atoms. The lowest BCUT2D eigenvalue weighted by Gasteiger charge is -2.57. The van der Waals surface area contributed by atoms with Crippen LogP contribution in [0.2, 0.25) is 0 Å². The van der Waals surface area contributed by atoms with Crippen LogP contribution in [0.15, 0.2) is 23.8 Å². The Morgan fingerprint density at radius 2 is 2.00 bits per heavy atom. The molecule has 25 heavy (non-hydrogen) atoms. The van der Waals surface area contributed by atoms with Gasteiger partial charge in [0.05, 0.1) is 13.9 Å². The van der Waals surface area contributed by atoms with Gasteiger partial charge in [0, 0.05) is 5.41 Å². The lowest BCUT2D eigenvalue weighted by molar-refractivity contribution is -0.141. The number of fused-ring (bicyclic) bond motifs is 3. The van der Waals surface area contributed by atoms with E-state index in [0.717, 1.165) is 38.5 Å². The third kappa shape index (κ3) is 3.48. The molecule has 0 saturated heterocycles. The molecule has 0 aliphatic heterocycles. The number of ketones is 1. The van der Waals surface area contributed by atoms with Gasteiger partial charge < -0.3 is 0 Å². The van der Waals surface area contributed by atoms with Crippen LogP contribution >= 0.6 is 0 Å². The molecule has 5 unspecified atom stereocenters. The molecule has 0 amide bonds. The van der Waals surface area contributed by atoms with E-state index < -0.39 is 0 Å². The number of allylic oxidation sites excluding steroid dienone is 3. The smallest absolute Gasteiger partial charge is 0.135 e. The summed E-state index contributed by atoms with van der Waals surface area (Å²) in [6.07, 6.45) is 8.50. The summed E-state index contributed by atoms with van der Waals surface area (Å²) < 4.78 is 23.5. The fourth-order valence-corrected chi connectivity index (χ4v) is 6.26. The Bertz CT molecular complexity index is 538. The molecule has 0 aromatic heterocycles. The summed E-state index contributed by atoms with van der Waals surface area (Å²) in [5.74, 6) is 2.21. The van der Waals surface area contributed by atoms with Crippen molar-refractivity contribution in [1.82, 2.24) is 0 Å². The van der Waals surface area contributed by atoms with E-state index in [9.17, 15) is 13.6 Å². The summed E-state index contributed by atoms with van der Waals surface area (Å²) in [6.45, 7) is 9.90. The van der Waals surface area contributed by atoms with E-state index in [0.29, 0.717) is 30.8 Å². The van der Waals surface area contributed by atoms with E-state index in [2.05, 4.69) is 26.5 Å². The number of rotatable bonds is 3. The zero-order valence-electron chi connectivity index (χ0n) is 16.3. The molecule has 3 aliphatic carbocycles. The van der Waals surface area contributed by atoms with Crippen molar-refractivity contribution in [3.63, 3.8) is 0 Å². The predicted molar refractivity (Wildman–Crippen MR) is 99.8 cm³/mol. The SMILES string of the molecule is C=C1C=C2CCC3C(C(CF)C[C@](C)(C(C)=O)C3CC)C2CC1.CF. The Hall–Kier alpha value is -0.990. The van der Waals surface area contributed by atoms with Crippen LogP contribution in [0.4, 0.5) is 8.78 Å². The average Bonchev–Trinajstić information content (AvgIpc) is 2.62. The highest BCUT2D eigenvalue weighted by atomic mass is 19.1. The van der Waals surface area contributed by atoms with Crippen molar-refractivity contribution in [3.8, 4) is 0 Å². The lowest BCUT2D eigenvalue weighted by Crippen LogP contribution is -2.53. The Kier molecular flexibility index (Phi) is 6.62. The number of hydrogen-bond acceptors (Lipinski definition) is 1. The van der Waals surface area contributed by atoms with Crippen molar-refractivity contribution < 1.29 is 13.6 Å². The number of halogens is 2. The molecule has 2 saturated carbocycles. The molecule has 0 radical (unpaired) electrons. The standard InChI is InChI=1S/C21H31FO.CH3F/c1-5-19-18-9-7-15-10-13(2)6-8-17(15)20(18)16(12-22)11-21(19,4)14(3)23;1-2/h10,16-20H,2,5-9,11-12H2,1,3-4H3;1H3/t16?,17?,18?,19?,20?,21-;/m1./s1. The van der Waals surface area contributed by atoms with Gasteiger partial charge in [-0.3, -0.25) is 13.6 Å². The number of carbonyl (C=O) groups is 1. The minimum Gasteiger partial charge on any atom is -0.299 e. The number of hydrogen-bond donors (Lipinski definition) is 0. The zero-order valence-corrected chi connectivity index (χ0v) is 16.3. The third-order valence-corrected chi connectivity index (χ3v) is 7.38. The zero-order chi connectivity index (χ0) is 18.8. The highest BCUT2D eigenvalue weighted by Gasteiger charge is 2.55. The number of carbonyl (C=O) groups excluding carboxylic acids is 1. The van der Waals surface area contributed by atoms with Gasteiger partial charge in [-0.05, 0) is 68.6 Å². The van der Waals surface area contributed by atoms with Gasteiger partial charge in [-0.25, -0.2) is 0 Å². The normalized spacial score (nSPS) is 40.2. The molecule has 0 spiro atoms. The molecule has 0 aromatic carbocycles. The van der Waals surface area contributed by atoms with E-state index in [1.54, 1.807) is 6.92 Å². The maximum atomic E-state index is 14.0. The first-order chi connectivity index (χ1) is 11.9. The van der Waals surface area contributed by atoms with Crippen LogP contribution in [0.1, 0.15) is 59.3 Å². The highest BCUT2D eigenvalue weighted by molar-refractivity contribution is 5.82. The predicted octanol–water partition coefficient (Wildman–Crippen LogP) is 6.10. The van der Waals surface area contributed by atoms with E-state index in [4.69, 9.17) is 0 Å². The monoisotopic (exact) mass is 352 g/mol. The second-order valence-electron chi connectivity index (χ2n) is 8.41. The maximum Gasteiger partial charge on any atom is 0.135 e. The Balaban J connectivity index is 0.00000109. The minimum absolute atomic E-state index is 0.0526. The van der Waals surface area contributed by atoms with Gasteiger partial charge in [-0.15, -0.1) is 0 Å². The summed E-state index contributed by atoms with van der Waals surface area (Å²) in [4.78, 5) is 12.4. The van der Waals surface area contributed by atoms with Crippen LogP contribution in [-0.2, 0) is 4.79 Å². The Morgan fingerprint density at radius 1 is 1.32 bits per heavy atom. The first-order valence-corrected chi connectivity index (χ1v) is 9.75. The van der Waals surface area contributed by atoms with Gasteiger partial charge in [0.2, 0.25) is 0 Å². The third-order valence-electron chi connectivity index (χ3n) is 7.38. The molecule has 142 valence electrons. The van der Waals surface area contributed by atoms with Crippen LogP contribution in [0.25, 0.3) is 0 Å². The summed E-state index contributed by atoms with van der Waals surface area (Å²) in [5, 5.41) is 0. The maximum absolute atomic E-state index is 14.0. The molecular weight excluding hydrogens is 318 g/mol. The Morgan fingerprint density at radius 3 is 2.56 bits per heavy atom. The molecule has 1 nitrogen and oxygen atoms in total. The van der Waals surface area contributed by atoms with E-state index in [1.165, 1.54) is 11.1 Å². The first kappa shape index (κ1) is 20.3. The minimum atomic E-state index is -0.327. The molecule has 6 atom stereocenters. The quantitative estimate of drug-likeness (QED) is 0.599. The van der Waals surface area contributed by atoms with Crippen molar-refractivity contribution in [2.75, 3.05) is 13.9 Å². The van der Waals surface area contributed by atoms with E-state index >= 15 is 0 Å². The lowest BCUT2D eigenvalue weighted by atomic mass is 9.47. The van der Waals surface area contributed by atoms with Crippen LogP contribution in [0.5, 0.6) is 0 Å². The summed E-state index contributed by atoms with van der Waals surface area (Å²) >= 11 is 0. The second-order valence-corrected chi connectivity index (χ2v) is 8.41. The van der Waals surface area contributed by atoms with Gasteiger partial charge in [-0.1, -0.05) is 44.1 Å². The molecule has 0 aromatic rings. The van der Waals surface area contributed by atoms with Crippen molar-refractivity contribution in [2.24, 2.45) is 35.0 Å². The fraction of sp³-hybridized carbons (Fsp3) is 0.773. The number of Topliss-reactive ketones (excluding diaryl/α,β-unsaturated/α-hetero) is 1. The van der Waals surface area contributed by atoms with Crippen molar-refractivity contribution >= 4 is 5.78 Å². The van der Waals surface area contributed by atoms with Gasteiger partial charge in [0.25, 0.3) is 0 Å². The molecule has 0 N–H and O–H groups in total. The topological polar surface area (TPSA) is 17.1 Å². The summed E-state index contributed by atoms with van der Waals surface area (Å²) in [7, 11) is 0.500. The fourth-order valence-electron chi connectivity index (χ4n) is 6.26. The van der Waals surface area contributed by atoms with Gasteiger partial charge in [-0.2, -0.15) is 0 Å².